The van der Waals surface area contributed by atoms with Crippen LogP contribution in [0.15, 0.2) is 0 Å². The second kappa shape index (κ2) is 6.90. The molecule has 1 rings (SSSR count). The largest absolute Gasteiger partial charge is 0.381 e. The number of rotatable bonds is 8. The van der Waals surface area contributed by atoms with Crippen LogP contribution in [0.3, 0.4) is 0 Å². The highest BCUT2D eigenvalue weighted by molar-refractivity contribution is 5.83. The molecule has 0 aromatic carbocycles. The van der Waals surface area contributed by atoms with Crippen molar-refractivity contribution in [2.75, 3.05) is 13.7 Å². The Labute approximate surface area is 123 Å². The zero-order valence-corrected chi connectivity index (χ0v) is 13.8. The van der Waals surface area contributed by atoms with Crippen LogP contribution in [-0.4, -0.2) is 31.7 Å². The Hall–Kier alpha value is -0.610. The molecule has 0 heterocycles. The van der Waals surface area contributed by atoms with Gasteiger partial charge in [-0.25, -0.2) is 0 Å². The predicted molar refractivity (Wildman–Crippen MR) is 82.4 cm³/mol. The molecule has 2 atom stereocenters. The average Bonchev–Trinajstić information content (AvgIpc) is 2.47. The quantitative estimate of drug-likeness (QED) is 0.719. The van der Waals surface area contributed by atoms with Crippen molar-refractivity contribution in [1.29, 1.82) is 0 Å². The standard InChI is InChI=1S/C16H32N2O2/c1-6-15(7-2,11-17)14(19)18-12-10-13(20-5)16(12,8-3)9-4/h12-13H,6-11,17H2,1-5H3,(H,18,19). The van der Waals surface area contributed by atoms with E-state index in [1.165, 1.54) is 0 Å². The van der Waals surface area contributed by atoms with Crippen molar-refractivity contribution in [1.82, 2.24) is 5.32 Å². The molecule has 118 valence electrons. The van der Waals surface area contributed by atoms with Gasteiger partial charge in [-0.15, -0.1) is 0 Å². The summed E-state index contributed by atoms with van der Waals surface area (Å²) in [5.41, 5.74) is 5.54. The third kappa shape index (κ3) is 2.60. The molecule has 3 N–H and O–H groups in total. The van der Waals surface area contributed by atoms with Crippen LogP contribution in [-0.2, 0) is 9.53 Å². The minimum Gasteiger partial charge on any atom is -0.381 e. The van der Waals surface area contributed by atoms with E-state index >= 15 is 0 Å². The van der Waals surface area contributed by atoms with E-state index in [0.29, 0.717) is 6.54 Å². The highest BCUT2D eigenvalue weighted by Crippen LogP contribution is 2.49. The molecule has 0 bridgehead atoms. The van der Waals surface area contributed by atoms with Crippen LogP contribution in [0.1, 0.15) is 59.8 Å². The second-order valence-electron chi connectivity index (χ2n) is 6.12. The van der Waals surface area contributed by atoms with Gasteiger partial charge in [0.1, 0.15) is 0 Å². The number of hydrogen-bond acceptors (Lipinski definition) is 3. The highest BCUT2D eigenvalue weighted by atomic mass is 16.5. The minimum atomic E-state index is -0.411. The summed E-state index contributed by atoms with van der Waals surface area (Å²) in [5.74, 6) is 0.121. The zero-order chi connectivity index (χ0) is 15.4. The molecule has 0 spiro atoms. The summed E-state index contributed by atoms with van der Waals surface area (Å²) in [7, 11) is 1.77. The Bertz CT molecular complexity index is 314. The van der Waals surface area contributed by atoms with Crippen LogP contribution in [0.4, 0.5) is 0 Å². The highest BCUT2D eigenvalue weighted by Gasteiger charge is 2.54. The van der Waals surface area contributed by atoms with E-state index in [2.05, 4.69) is 19.2 Å². The van der Waals surface area contributed by atoms with Crippen LogP contribution in [0.25, 0.3) is 0 Å². The maximum absolute atomic E-state index is 12.6. The van der Waals surface area contributed by atoms with Crippen molar-refractivity contribution < 1.29 is 9.53 Å². The van der Waals surface area contributed by atoms with Crippen molar-refractivity contribution >= 4 is 5.91 Å². The number of methoxy groups -OCH3 is 1. The summed E-state index contributed by atoms with van der Waals surface area (Å²) in [5, 5.41) is 3.27. The summed E-state index contributed by atoms with van der Waals surface area (Å²) < 4.78 is 5.58. The molecular weight excluding hydrogens is 252 g/mol. The van der Waals surface area contributed by atoms with Gasteiger partial charge in [-0.05, 0) is 32.1 Å². The molecule has 1 amide bonds. The fraction of sp³-hybridized carbons (Fsp3) is 0.938. The van der Waals surface area contributed by atoms with Gasteiger partial charge in [-0.2, -0.15) is 0 Å². The lowest BCUT2D eigenvalue weighted by Gasteiger charge is -2.55. The Kier molecular flexibility index (Phi) is 6.02. The van der Waals surface area contributed by atoms with Crippen LogP contribution >= 0.6 is 0 Å². The van der Waals surface area contributed by atoms with Gasteiger partial charge < -0.3 is 15.8 Å². The molecule has 0 aromatic rings. The Balaban J connectivity index is 2.81. The molecule has 4 heteroatoms. The lowest BCUT2D eigenvalue weighted by molar-refractivity contribution is -0.148. The molecular formula is C16H32N2O2. The van der Waals surface area contributed by atoms with Crippen molar-refractivity contribution in [3.63, 3.8) is 0 Å². The van der Waals surface area contributed by atoms with E-state index in [9.17, 15) is 4.79 Å². The number of ether oxygens (including phenoxy) is 1. The van der Waals surface area contributed by atoms with E-state index in [-0.39, 0.29) is 23.5 Å². The fourth-order valence-corrected chi connectivity index (χ4v) is 3.74. The molecule has 1 aliphatic rings. The maximum Gasteiger partial charge on any atom is 0.227 e. The number of hydrogen-bond donors (Lipinski definition) is 2. The van der Waals surface area contributed by atoms with Gasteiger partial charge in [0.05, 0.1) is 11.5 Å². The normalized spacial score (nSPS) is 25.1. The van der Waals surface area contributed by atoms with Gasteiger partial charge in [0.2, 0.25) is 5.91 Å². The van der Waals surface area contributed by atoms with Gasteiger partial charge in [0.15, 0.2) is 0 Å². The van der Waals surface area contributed by atoms with Crippen LogP contribution in [0, 0.1) is 10.8 Å². The lowest BCUT2D eigenvalue weighted by atomic mass is 9.58. The second-order valence-corrected chi connectivity index (χ2v) is 6.12. The summed E-state index contributed by atoms with van der Waals surface area (Å²) in [6.45, 7) is 8.87. The van der Waals surface area contributed by atoms with Crippen molar-refractivity contribution in [2.45, 2.75) is 71.9 Å². The number of amides is 1. The van der Waals surface area contributed by atoms with Crippen LogP contribution in [0.5, 0.6) is 0 Å². The first kappa shape index (κ1) is 17.4. The lowest BCUT2D eigenvalue weighted by Crippen LogP contribution is -2.66. The Morgan fingerprint density at radius 2 is 1.85 bits per heavy atom. The number of carbonyl (C=O) groups excluding carboxylic acids is 1. The maximum atomic E-state index is 12.6. The fourth-order valence-electron chi connectivity index (χ4n) is 3.74. The molecule has 1 fully saturated rings. The SMILES string of the molecule is CCC(CC)(CN)C(=O)NC1CC(OC)C1(CC)CC. The van der Waals surface area contributed by atoms with Gasteiger partial charge in [-0.1, -0.05) is 27.7 Å². The van der Waals surface area contributed by atoms with E-state index in [1.807, 2.05) is 13.8 Å². The summed E-state index contributed by atoms with van der Waals surface area (Å²) in [6.07, 6.45) is 4.81. The molecule has 20 heavy (non-hydrogen) atoms. The van der Waals surface area contributed by atoms with Crippen molar-refractivity contribution in [3.8, 4) is 0 Å². The third-order valence-electron chi connectivity index (χ3n) is 5.92. The first-order chi connectivity index (χ1) is 9.50. The van der Waals surface area contributed by atoms with Gasteiger partial charge in [0.25, 0.3) is 0 Å². The van der Waals surface area contributed by atoms with E-state index in [1.54, 1.807) is 7.11 Å². The molecule has 1 saturated carbocycles. The minimum absolute atomic E-state index is 0.0895. The van der Waals surface area contributed by atoms with E-state index in [0.717, 1.165) is 32.1 Å². The molecule has 0 radical (unpaired) electrons. The zero-order valence-electron chi connectivity index (χ0n) is 13.8. The molecule has 4 nitrogen and oxygen atoms in total. The first-order valence-electron chi connectivity index (χ1n) is 8.04. The van der Waals surface area contributed by atoms with E-state index < -0.39 is 5.41 Å². The Morgan fingerprint density at radius 1 is 1.30 bits per heavy atom. The average molecular weight is 284 g/mol. The number of nitrogens with one attached hydrogen (secondary N) is 1. The first-order valence-corrected chi connectivity index (χ1v) is 8.04. The van der Waals surface area contributed by atoms with Gasteiger partial charge in [-0.3, -0.25) is 4.79 Å². The summed E-state index contributed by atoms with van der Waals surface area (Å²) in [4.78, 5) is 12.6. The van der Waals surface area contributed by atoms with Gasteiger partial charge in [0, 0.05) is 25.1 Å². The number of nitrogens with two attached hydrogens (primary N) is 1. The molecule has 0 aromatic heterocycles. The molecule has 2 unspecified atom stereocenters. The van der Waals surface area contributed by atoms with Crippen molar-refractivity contribution in [3.05, 3.63) is 0 Å². The molecule has 0 saturated heterocycles. The van der Waals surface area contributed by atoms with Crippen molar-refractivity contribution in [2.24, 2.45) is 16.6 Å². The topological polar surface area (TPSA) is 64.4 Å². The summed E-state index contributed by atoms with van der Waals surface area (Å²) in [6, 6.07) is 0.221. The van der Waals surface area contributed by atoms with Crippen LogP contribution < -0.4 is 11.1 Å². The smallest absolute Gasteiger partial charge is 0.227 e. The monoisotopic (exact) mass is 284 g/mol. The summed E-state index contributed by atoms with van der Waals surface area (Å²) >= 11 is 0. The predicted octanol–water partition coefficient (Wildman–Crippen LogP) is 2.46. The van der Waals surface area contributed by atoms with Crippen LogP contribution in [0.2, 0.25) is 0 Å². The van der Waals surface area contributed by atoms with E-state index in [4.69, 9.17) is 10.5 Å². The Morgan fingerprint density at radius 3 is 2.20 bits per heavy atom. The molecule has 1 aliphatic carbocycles. The third-order valence-corrected chi connectivity index (χ3v) is 5.92. The van der Waals surface area contributed by atoms with Gasteiger partial charge >= 0.3 is 0 Å². The molecule has 0 aliphatic heterocycles. The number of carbonyl (C=O) groups is 1.